The van der Waals surface area contributed by atoms with Gasteiger partial charge in [0, 0.05) is 30.5 Å². The van der Waals surface area contributed by atoms with Crippen molar-refractivity contribution in [2.75, 3.05) is 32.7 Å². The molecular weight excluding hydrogens is 644 g/mol. The first-order chi connectivity index (χ1) is 24.8. The molecule has 3 aliphatic rings. The maximum absolute atomic E-state index is 12.5. The van der Waals surface area contributed by atoms with Gasteiger partial charge in [-0.3, -0.25) is 4.79 Å². The Morgan fingerprint density at radius 3 is 2.39 bits per heavy atom. The molecule has 0 spiro atoms. The summed E-state index contributed by atoms with van der Waals surface area (Å²) < 4.78 is 6.31. The molecule has 4 aromatic carbocycles. The molecule has 264 valence electrons. The smallest absolute Gasteiger partial charge is 0.405 e. The third kappa shape index (κ3) is 7.35. The molecule has 5 aromatic rings. The first-order valence-electron chi connectivity index (χ1n) is 17.6. The number of aromatic nitrogens is 1. The number of piperidine rings is 3. The molecule has 51 heavy (non-hydrogen) atoms. The minimum Gasteiger partial charge on any atom is -0.506 e. The van der Waals surface area contributed by atoms with Crippen LogP contribution in [0.25, 0.3) is 10.9 Å². The Bertz CT molecular complexity index is 2030. The highest BCUT2D eigenvalue weighted by atomic mass is 16.5. The van der Waals surface area contributed by atoms with Crippen LogP contribution in [0, 0.1) is 11.8 Å². The number of nitrogens with one attached hydrogen (secondary N) is 3. The van der Waals surface area contributed by atoms with Crippen molar-refractivity contribution in [1.29, 1.82) is 0 Å². The maximum atomic E-state index is 12.5. The number of rotatable bonds is 13. The number of pyridine rings is 1. The van der Waals surface area contributed by atoms with E-state index in [4.69, 9.17) is 4.74 Å². The van der Waals surface area contributed by atoms with Crippen LogP contribution in [-0.2, 0) is 18.6 Å². The van der Waals surface area contributed by atoms with Gasteiger partial charge in [0.05, 0.1) is 17.2 Å². The Kier molecular flexibility index (Phi) is 10.1. The topological polar surface area (TPSA) is 147 Å². The third-order valence-corrected chi connectivity index (χ3v) is 10.7. The Balaban J connectivity index is 0.990. The van der Waals surface area contributed by atoms with E-state index in [9.17, 15) is 24.9 Å². The van der Waals surface area contributed by atoms with Crippen molar-refractivity contribution < 1.29 is 24.9 Å². The number of carbonyl (C=O) groups is 1. The zero-order valence-corrected chi connectivity index (χ0v) is 28.4. The van der Waals surface area contributed by atoms with Crippen LogP contribution in [0.3, 0.4) is 0 Å². The van der Waals surface area contributed by atoms with E-state index >= 15 is 0 Å². The van der Waals surface area contributed by atoms with Gasteiger partial charge in [0.25, 0.3) is 0 Å². The van der Waals surface area contributed by atoms with Crippen LogP contribution in [0.1, 0.15) is 46.8 Å². The quantitative estimate of drug-likeness (QED) is 0.0886. The normalized spacial score (nSPS) is 20.1. The van der Waals surface area contributed by atoms with Gasteiger partial charge in [-0.1, -0.05) is 72.8 Å². The molecule has 1 aromatic heterocycles. The molecule has 3 fully saturated rings. The predicted octanol–water partition coefficient (Wildman–Crippen LogP) is 5.53. The zero-order chi connectivity index (χ0) is 35.4. The van der Waals surface area contributed by atoms with Crippen LogP contribution in [0.4, 0.5) is 4.79 Å². The lowest BCUT2D eigenvalue weighted by Gasteiger charge is -2.53. The van der Waals surface area contributed by atoms with Gasteiger partial charge >= 0.3 is 6.09 Å². The van der Waals surface area contributed by atoms with Gasteiger partial charge in [-0.25, -0.2) is 4.79 Å². The zero-order valence-electron chi connectivity index (χ0n) is 28.4. The van der Waals surface area contributed by atoms with Crippen molar-refractivity contribution in [3.05, 3.63) is 141 Å². The molecule has 10 nitrogen and oxygen atoms in total. The van der Waals surface area contributed by atoms with Crippen molar-refractivity contribution in [2.45, 2.75) is 37.5 Å². The highest BCUT2D eigenvalue weighted by molar-refractivity contribution is 5.87. The van der Waals surface area contributed by atoms with Gasteiger partial charge < -0.3 is 40.6 Å². The number of H-pyrrole nitrogens is 1. The lowest BCUT2D eigenvalue weighted by atomic mass is 9.63. The van der Waals surface area contributed by atoms with E-state index in [-0.39, 0.29) is 17.2 Å². The lowest BCUT2D eigenvalue weighted by molar-refractivity contribution is 0.00716. The average Bonchev–Trinajstić information content (AvgIpc) is 3.16. The standard InChI is InChI=1S/C41H44N4O6/c46-36-15-13-33(34-14-16-38(48)43-39(34)36)37(47)24-42-20-17-27-9-11-28(12-10-27)26-51-32-8-4-7-31(23-32)41(44-40(49)50,30-5-2-1-3-6-30)35-25-45-21-18-29(35)19-22-45/h1-16,23,29,35,37,42,44,46-47H,17-22,24-26H2,(H,43,48)(H,49,50)/t35-,37-,41?/m0/s1. The van der Waals surface area contributed by atoms with Crippen molar-refractivity contribution in [1.82, 2.24) is 20.5 Å². The molecule has 8 rings (SSSR count). The van der Waals surface area contributed by atoms with Crippen molar-refractivity contribution in [3.63, 3.8) is 0 Å². The monoisotopic (exact) mass is 688 g/mol. The number of hydrogen-bond donors (Lipinski definition) is 6. The van der Waals surface area contributed by atoms with Crippen molar-refractivity contribution in [3.8, 4) is 11.5 Å². The molecule has 3 saturated heterocycles. The van der Waals surface area contributed by atoms with E-state index in [0.717, 1.165) is 61.2 Å². The average molecular weight is 689 g/mol. The molecule has 6 N–H and O–H groups in total. The number of ether oxygens (including phenoxy) is 1. The summed E-state index contributed by atoms with van der Waals surface area (Å²) in [6.45, 7) is 4.29. The summed E-state index contributed by atoms with van der Waals surface area (Å²) in [6, 6.07) is 32.2. The van der Waals surface area contributed by atoms with Crippen LogP contribution >= 0.6 is 0 Å². The Labute approximate surface area is 296 Å². The molecule has 4 heterocycles. The fourth-order valence-corrected chi connectivity index (χ4v) is 8.09. The highest BCUT2D eigenvalue weighted by Crippen LogP contribution is 2.47. The summed E-state index contributed by atoms with van der Waals surface area (Å²) in [4.78, 5) is 29.3. The number of fused-ring (bicyclic) bond motifs is 4. The molecule has 0 aliphatic carbocycles. The van der Waals surface area contributed by atoms with E-state index < -0.39 is 17.7 Å². The summed E-state index contributed by atoms with van der Waals surface area (Å²) >= 11 is 0. The van der Waals surface area contributed by atoms with E-state index in [1.807, 2.05) is 66.7 Å². The molecule has 3 atom stereocenters. The number of phenolic OH excluding ortho intramolecular Hbond substituents is 1. The number of hydrogen-bond acceptors (Lipinski definition) is 7. The molecule has 10 heteroatoms. The van der Waals surface area contributed by atoms with Gasteiger partial charge in [-0.05, 0) is 96.9 Å². The number of carboxylic acid groups (broad SMARTS) is 1. The fourth-order valence-electron chi connectivity index (χ4n) is 8.09. The van der Waals surface area contributed by atoms with Gasteiger partial charge in [0.2, 0.25) is 5.56 Å². The maximum Gasteiger partial charge on any atom is 0.405 e. The summed E-state index contributed by atoms with van der Waals surface area (Å²) in [5.74, 6) is 1.14. The minimum atomic E-state index is -1.04. The number of aliphatic hydroxyl groups excluding tert-OH is 1. The van der Waals surface area contributed by atoms with Gasteiger partial charge in [0.1, 0.15) is 18.1 Å². The third-order valence-electron chi connectivity index (χ3n) is 10.7. The fraction of sp³-hybridized carbons (Fsp3) is 0.317. The Morgan fingerprint density at radius 2 is 1.67 bits per heavy atom. The van der Waals surface area contributed by atoms with Crippen LogP contribution in [0.15, 0.2) is 108 Å². The predicted molar refractivity (Wildman–Crippen MR) is 196 cm³/mol. The number of nitrogens with zero attached hydrogens (tertiary/aromatic N) is 1. The summed E-state index contributed by atoms with van der Waals surface area (Å²) in [6.07, 6.45) is 1.03. The Hall–Kier alpha value is -5.16. The molecular formula is C41H44N4O6. The summed E-state index contributed by atoms with van der Waals surface area (Å²) in [5.41, 5.74) is 3.69. The number of aromatic amines is 1. The minimum absolute atomic E-state index is 0.0354. The first-order valence-corrected chi connectivity index (χ1v) is 17.6. The largest absolute Gasteiger partial charge is 0.506 e. The molecule has 3 aliphatic heterocycles. The number of aliphatic hydroxyl groups is 1. The number of amides is 1. The van der Waals surface area contributed by atoms with Crippen molar-refractivity contribution >= 4 is 17.0 Å². The molecule has 0 saturated carbocycles. The Morgan fingerprint density at radius 1 is 0.922 bits per heavy atom. The van der Waals surface area contributed by atoms with Gasteiger partial charge in [-0.2, -0.15) is 0 Å². The number of benzene rings is 4. The molecule has 2 bridgehead atoms. The van der Waals surface area contributed by atoms with E-state index in [0.29, 0.717) is 47.8 Å². The molecule has 1 unspecified atom stereocenters. The van der Waals surface area contributed by atoms with Crippen LogP contribution in [0.5, 0.6) is 11.5 Å². The summed E-state index contributed by atoms with van der Waals surface area (Å²) in [5, 5.41) is 38.1. The summed E-state index contributed by atoms with van der Waals surface area (Å²) in [7, 11) is 0. The second-order valence-electron chi connectivity index (χ2n) is 13.7. The van der Waals surface area contributed by atoms with E-state index in [1.165, 1.54) is 12.1 Å². The van der Waals surface area contributed by atoms with E-state index in [1.54, 1.807) is 12.1 Å². The van der Waals surface area contributed by atoms with Gasteiger partial charge in [-0.15, -0.1) is 0 Å². The second-order valence-corrected chi connectivity index (χ2v) is 13.7. The SMILES string of the molecule is O=C(O)NC(c1ccccc1)(c1cccc(OCc2ccc(CCNC[C@H](O)c3ccc(O)c4[nH]c(=O)ccc34)cc2)c1)[C@H]1CN2CCC1CC2. The molecule has 1 amide bonds. The van der Waals surface area contributed by atoms with Crippen LogP contribution < -0.4 is 20.9 Å². The first kappa shape index (κ1) is 34.3. The second kappa shape index (κ2) is 15.0. The van der Waals surface area contributed by atoms with Crippen LogP contribution in [0.2, 0.25) is 0 Å². The number of phenols is 1. The van der Waals surface area contributed by atoms with Gasteiger partial charge in [0.15, 0.2) is 0 Å². The van der Waals surface area contributed by atoms with E-state index in [2.05, 4.69) is 32.7 Å². The number of aromatic hydroxyl groups is 1. The highest BCUT2D eigenvalue weighted by Gasteiger charge is 2.50. The van der Waals surface area contributed by atoms with Crippen LogP contribution in [-0.4, -0.2) is 64.0 Å². The molecule has 0 radical (unpaired) electrons. The van der Waals surface area contributed by atoms with Crippen molar-refractivity contribution in [2.24, 2.45) is 11.8 Å². The lowest BCUT2D eigenvalue weighted by Crippen LogP contribution is -2.61.